The number of hydrogen-bond donors (Lipinski definition) is 0. The topological polar surface area (TPSA) is 17.8 Å². The second kappa shape index (κ2) is 2.98. The van der Waals surface area contributed by atoms with Crippen molar-refractivity contribution in [3.63, 3.8) is 0 Å². The lowest BCUT2D eigenvalue weighted by molar-refractivity contribution is 0.520. The lowest BCUT2D eigenvalue weighted by Crippen LogP contribution is -2.07. The Morgan fingerprint density at radius 2 is 2.14 bits per heavy atom. The number of aryl methyl sites for hydroxylation is 1. The van der Waals surface area contributed by atoms with Gasteiger partial charge in [0.1, 0.15) is 0 Å². The van der Waals surface area contributed by atoms with Crippen molar-refractivity contribution < 1.29 is 0 Å². The predicted molar refractivity (Wildman–Crippen MR) is 55.1 cm³/mol. The molecule has 0 saturated heterocycles. The Hall–Kier alpha value is -1.57. The van der Waals surface area contributed by atoms with Crippen molar-refractivity contribution in [2.45, 2.75) is 18.9 Å². The first-order valence-corrected chi connectivity index (χ1v) is 5.02. The van der Waals surface area contributed by atoms with Crippen molar-refractivity contribution in [1.82, 2.24) is 9.78 Å². The standard InChI is InChI=1S/C12H12N2/c1-2-5-11-10(4-1)6-7-12(11)14-9-3-8-13-14/h1-5,8-9,12H,6-7H2/t12-/m1/s1. The van der Waals surface area contributed by atoms with Crippen LogP contribution in [0, 0.1) is 0 Å². The van der Waals surface area contributed by atoms with Crippen LogP contribution in [-0.4, -0.2) is 9.78 Å². The van der Waals surface area contributed by atoms with Crippen LogP contribution >= 0.6 is 0 Å². The van der Waals surface area contributed by atoms with E-state index in [0.717, 1.165) is 0 Å². The summed E-state index contributed by atoms with van der Waals surface area (Å²) in [5, 5.41) is 4.31. The van der Waals surface area contributed by atoms with Crippen molar-refractivity contribution in [2.24, 2.45) is 0 Å². The van der Waals surface area contributed by atoms with E-state index in [2.05, 4.69) is 34.0 Å². The summed E-state index contributed by atoms with van der Waals surface area (Å²) in [4.78, 5) is 0. The molecule has 1 aromatic heterocycles. The van der Waals surface area contributed by atoms with Gasteiger partial charge in [-0.3, -0.25) is 4.68 Å². The van der Waals surface area contributed by atoms with Crippen LogP contribution in [0.15, 0.2) is 42.7 Å². The fraction of sp³-hybridized carbons (Fsp3) is 0.250. The average molecular weight is 184 g/mol. The molecule has 0 unspecified atom stereocenters. The molecule has 0 fully saturated rings. The first-order chi connectivity index (χ1) is 6.95. The van der Waals surface area contributed by atoms with E-state index < -0.39 is 0 Å². The maximum absolute atomic E-state index is 4.31. The van der Waals surface area contributed by atoms with Crippen LogP contribution in [0.5, 0.6) is 0 Å². The number of rotatable bonds is 1. The molecule has 0 aliphatic heterocycles. The largest absolute Gasteiger partial charge is 0.265 e. The maximum atomic E-state index is 4.31. The van der Waals surface area contributed by atoms with E-state index in [1.54, 1.807) is 0 Å². The number of hydrogen-bond acceptors (Lipinski definition) is 1. The van der Waals surface area contributed by atoms with Gasteiger partial charge in [-0.2, -0.15) is 5.10 Å². The smallest absolute Gasteiger partial charge is 0.0774 e. The van der Waals surface area contributed by atoms with Crippen LogP contribution in [0.25, 0.3) is 0 Å². The van der Waals surface area contributed by atoms with Gasteiger partial charge in [0.25, 0.3) is 0 Å². The Bertz CT molecular complexity index is 431. The molecule has 0 spiro atoms. The van der Waals surface area contributed by atoms with Gasteiger partial charge in [-0.15, -0.1) is 0 Å². The highest BCUT2D eigenvalue weighted by Gasteiger charge is 2.22. The highest BCUT2D eigenvalue weighted by Crippen LogP contribution is 2.33. The van der Waals surface area contributed by atoms with Crippen LogP contribution in [0.3, 0.4) is 0 Å². The number of fused-ring (bicyclic) bond motifs is 1. The summed E-state index contributed by atoms with van der Waals surface area (Å²) in [6.07, 6.45) is 6.26. The van der Waals surface area contributed by atoms with Crippen molar-refractivity contribution in [1.29, 1.82) is 0 Å². The zero-order valence-corrected chi connectivity index (χ0v) is 7.93. The van der Waals surface area contributed by atoms with Gasteiger partial charge >= 0.3 is 0 Å². The Labute approximate surface area is 83.2 Å². The lowest BCUT2D eigenvalue weighted by Gasteiger charge is -2.11. The molecule has 1 heterocycles. The van der Waals surface area contributed by atoms with E-state index >= 15 is 0 Å². The Kier molecular flexibility index (Phi) is 1.66. The number of nitrogens with zero attached hydrogens (tertiary/aromatic N) is 2. The minimum Gasteiger partial charge on any atom is -0.265 e. The van der Waals surface area contributed by atoms with Crippen LogP contribution in [-0.2, 0) is 6.42 Å². The molecular formula is C12H12N2. The molecule has 0 N–H and O–H groups in total. The molecule has 2 nitrogen and oxygen atoms in total. The molecule has 14 heavy (non-hydrogen) atoms. The summed E-state index contributed by atoms with van der Waals surface area (Å²) in [5.41, 5.74) is 2.92. The molecule has 0 bridgehead atoms. The molecule has 1 aromatic carbocycles. The van der Waals surface area contributed by atoms with Crippen LogP contribution in [0.2, 0.25) is 0 Å². The van der Waals surface area contributed by atoms with Gasteiger partial charge in [-0.25, -0.2) is 0 Å². The van der Waals surface area contributed by atoms with E-state index in [-0.39, 0.29) is 0 Å². The van der Waals surface area contributed by atoms with Crippen molar-refractivity contribution in [3.05, 3.63) is 53.9 Å². The third kappa shape index (κ3) is 1.07. The normalized spacial score (nSPS) is 19.6. The number of benzene rings is 1. The summed E-state index contributed by atoms with van der Waals surface area (Å²) >= 11 is 0. The molecule has 0 saturated carbocycles. The van der Waals surface area contributed by atoms with Gasteiger partial charge in [-0.05, 0) is 30.0 Å². The fourth-order valence-corrected chi connectivity index (χ4v) is 2.27. The molecule has 1 aliphatic rings. The van der Waals surface area contributed by atoms with E-state index in [9.17, 15) is 0 Å². The molecule has 3 rings (SSSR count). The van der Waals surface area contributed by atoms with Crippen molar-refractivity contribution in [2.75, 3.05) is 0 Å². The molecule has 70 valence electrons. The van der Waals surface area contributed by atoms with E-state index in [1.165, 1.54) is 24.0 Å². The van der Waals surface area contributed by atoms with Crippen molar-refractivity contribution >= 4 is 0 Å². The van der Waals surface area contributed by atoms with Crippen LogP contribution < -0.4 is 0 Å². The summed E-state index contributed by atoms with van der Waals surface area (Å²) < 4.78 is 2.06. The second-order valence-corrected chi connectivity index (χ2v) is 3.74. The van der Waals surface area contributed by atoms with Crippen LogP contribution in [0.4, 0.5) is 0 Å². The zero-order chi connectivity index (χ0) is 9.38. The monoisotopic (exact) mass is 184 g/mol. The molecule has 2 aromatic rings. The molecule has 0 radical (unpaired) electrons. The Balaban J connectivity index is 2.06. The molecule has 1 atom stereocenters. The van der Waals surface area contributed by atoms with Gasteiger partial charge in [0.15, 0.2) is 0 Å². The lowest BCUT2D eigenvalue weighted by atomic mass is 10.1. The zero-order valence-electron chi connectivity index (χ0n) is 7.93. The fourth-order valence-electron chi connectivity index (χ4n) is 2.27. The van der Waals surface area contributed by atoms with Gasteiger partial charge in [0, 0.05) is 12.4 Å². The third-order valence-electron chi connectivity index (χ3n) is 2.95. The van der Waals surface area contributed by atoms with E-state index in [0.29, 0.717) is 6.04 Å². The molecule has 1 aliphatic carbocycles. The van der Waals surface area contributed by atoms with E-state index in [1.807, 2.05) is 18.5 Å². The quantitative estimate of drug-likeness (QED) is 0.665. The second-order valence-electron chi connectivity index (χ2n) is 3.74. The summed E-state index contributed by atoms with van der Waals surface area (Å²) in [6.45, 7) is 0. The maximum Gasteiger partial charge on any atom is 0.0774 e. The van der Waals surface area contributed by atoms with Gasteiger partial charge in [0.05, 0.1) is 6.04 Å². The molecular weight excluding hydrogens is 172 g/mol. The van der Waals surface area contributed by atoms with Gasteiger partial charge in [0.2, 0.25) is 0 Å². The first-order valence-electron chi connectivity index (χ1n) is 5.02. The molecule has 0 amide bonds. The summed E-state index contributed by atoms with van der Waals surface area (Å²) in [6, 6.07) is 11.1. The first kappa shape index (κ1) is 7.80. The Morgan fingerprint density at radius 3 is 3.00 bits per heavy atom. The van der Waals surface area contributed by atoms with Crippen LogP contribution in [0.1, 0.15) is 23.6 Å². The molecule has 2 heteroatoms. The van der Waals surface area contributed by atoms with E-state index in [4.69, 9.17) is 0 Å². The van der Waals surface area contributed by atoms with Gasteiger partial charge < -0.3 is 0 Å². The minimum atomic E-state index is 0.459. The Morgan fingerprint density at radius 1 is 1.21 bits per heavy atom. The summed E-state index contributed by atoms with van der Waals surface area (Å²) in [5.74, 6) is 0. The average Bonchev–Trinajstić information content (AvgIpc) is 2.85. The van der Waals surface area contributed by atoms with Gasteiger partial charge in [-0.1, -0.05) is 24.3 Å². The summed E-state index contributed by atoms with van der Waals surface area (Å²) in [7, 11) is 0. The predicted octanol–water partition coefficient (Wildman–Crippen LogP) is 2.42. The number of aromatic nitrogens is 2. The third-order valence-corrected chi connectivity index (χ3v) is 2.95. The highest BCUT2D eigenvalue weighted by atomic mass is 15.3. The SMILES string of the molecule is c1ccc2c(c1)CC[C@H]2n1cccn1. The van der Waals surface area contributed by atoms with Crippen molar-refractivity contribution in [3.8, 4) is 0 Å². The highest BCUT2D eigenvalue weighted by molar-refractivity contribution is 5.34. The minimum absolute atomic E-state index is 0.459.